The highest BCUT2D eigenvalue weighted by Gasteiger charge is 2.26. The van der Waals surface area contributed by atoms with Crippen LogP contribution in [0.1, 0.15) is 20.7 Å². The van der Waals surface area contributed by atoms with Gasteiger partial charge in [-0.2, -0.15) is 0 Å². The molecule has 0 bridgehead atoms. The highest BCUT2D eigenvalue weighted by atomic mass is 35.5. The Labute approximate surface area is 162 Å². The molecule has 0 spiro atoms. The number of amides is 1. The molecule has 0 aromatic heterocycles. The van der Waals surface area contributed by atoms with E-state index in [1.807, 2.05) is 4.90 Å². The van der Waals surface area contributed by atoms with Gasteiger partial charge in [-0.05, 0) is 36.4 Å². The third-order valence-electron chi connectivity index (χ3n) is 4.62. The molecule has 1 aliphatic heterocycles. The molecule has 7 heteroatoms. The number of Topliss-reactive ketones (excluding diaryl/α,β-unsaturated/α-hetero) is 1. The second kappa shape index (κ2) is 8.50. The third-order valence-corrected chi connectivity index (χ3v) is 4.93. The molecule has 5 nitrogen and oxygen atoms in total. The number of halogens is 2. The van der Waals surface area contributed by atoms with Crippen LogP contribution in [-0.4, -0.2) is 61.3 Å². The zero-order valence-electron chi connectivity index (χ0n) is 15.0. The SMILES string of the molecule is COc1ccc(C(=O)CN2CCN(C(=O)c3c(F)cccc3Cl)CC2)cc1. The smallest absolute Gasteiger partial charge is 0.258 e. The van der Waals surface area contributed by atoms with Crippen molar-refractivity contribution in [2.75, 3.05) is 39.8 Å². The lowest BCUT2D eigenvalue weighted by Crippen LogP contribution is -2.50. The van der Waals surface area contributed by atoms with Crippen LogP contribution in [0.15, 0.2) is 42.5 Å². The first-order chi connectivity index (χ1) is 13.0. The van der Waals surface area contributed by atoms with Crippen molar-refractivity contribution in [3.05, 3.63) is 64.4 Å². The number of benzene rings is 2. The van der Waals surface area contributed by atoms with E-state index in [0.29, 0.717) is 37.5 Å². The second-order valence-electron chi connectivity index (χ2n) is 6.32. The summed E-state index contributed by atoms with van der Waals surface area (Å²) in [4.78, 5) is 28.5. The molecular weight excluding hydrogens is 371 g/mol. The Kier molecular flexibility index (Phi) is 6.08. The average molecular weight is 391 g/mol. The fraction of sp³-hybridized carbons (Fsp3) is 0.300. The van der Waals surface area contributed by atoms with Crippen molar-refractivity contribution in [3.63, 3.8) is 0 Å². The number of ketones is 1. The van der Waals surface area contributed by atoms with Gasteiger partial charge < -0.3 is 9.64 Å². The van der Waals surface area contributed by atoms with Crippen molar-refractivity contribution in [2.45, 2.75) is 0 Å². The average Bonchev–Trinajstić information content (AvgIpc) is 2.68. The second-order valence-corrected chi connectivity index (χ2v) is 6.72. The van der Waals surface area contributed by atoms with E-state index in [1.54, 1.807) is 36.3 Å². The summed E-state index contributed by atoms with van der Waals surface area (Å²) in [5, 5.41) is 0.108. The van der Waals surface area contributed by atoms with Crippen LogP contribution in [0.25, 0.3) is 0 Å². The van der Waals surface area contributed by atoms with Gasteiger partial charge in [0.15, 0.2) is 5.78 Å². The fourth-order valence-corrected chi connectivity index (χ4v) is 3.28. The van der Waals surface area contributed by atoms with Crippen LogP contribution >= 0.6 is 11.6 Å². The maximum Gasteiger partial charge on any atom is 0.258 e. The summed E-state index contributed by atoms with van der Waals surface area (Å²) in [5.74, 6) is -0.330. The van der Waals surface area contributed by atoms with E-state index in [0.717, 1.165) is 0 Å². The Bertz CT molecular complexity index is 813. The summed E-state index contributed by atoms with van der Waals surface area (Å²) in [5.41, 5.74) is 0.523. The molecule has 1 aliphatic rings. The van der Waals surface area contributed by atoms with E-state index in [-0.39, 0.29) is 22.9 Å². The Hall–Kier alpha value is -2.44. The molecule has 142 valence electrons. The molecule has 2 aromatic rings. The minimum atomic E-state index is -0.621. The lowest BCUT2D eigenvalue weighted by atomic mass is 10.1. The number of hydrogen-bond donors (Lipinski definition) is 0. The molecule has 0 aliphatic carbocycles. The van der Waals surface area contributed by atoms with Crippen LogP contribution in [0.5, 0.6) is 5.75 Å². The van der Waals surface area contributed by atoms with Crippen LogP contribution in [0.3, 0.4) is 0 Å². The van der Waals surface area contributed by atoms with Crippen LogP contribution in [-0.2, 0) is 0 Å². The number of carbonyl (C=O) groups is 2. The maximum atomic E-state index is 14.0. The normalized spacial score (nSPS) is 14.9. The summed E-state index contributed by atoms with van der Waals surface area (Å²) in [6.45, 7) is 2.19. The monoisotopic (exact) mass is 390 g/mol. The van der Waals surface area contributed by atoms with Gasteiger partial charge in [-0.25, -0.2) is 4.39 Å². The van der Waals surface area contributed by atoms with Gasteiger partial charge in [0.05, 0.1) is 24.2 Å². The van der Waals surface area contributed by atoms with Crippen molar-refractivity contribution in [1.29, 1.82) is 0 Å². The first-order valence-corrected chi connectivity index (χ1v) is 9.00. The molecule has 0 unspecified atom stereocenters. The summed E-state index contributed by atoms with van der Waals surface area (Å²) in [6.07, 6.45) is 0. The first kappa shape index (κ1) is 19.3. The van der Waals surface area contributed by atoms with Gasteiger partial charge in [-0.1, -0.05) is 17.7 Å². The number of nitrogens with zero attached hydrogens (tertiary/aromatic N) is 2. The number of rotatable bonds is 5. The molecule has 1 amide bonds. The molecule has 3 rings (SSSR count). The van der Waals surface area contributed by atoms with E-state index in [1.165, 1.54) is 18.2 Å². The van der Waals surface area contributed by atoms with Gasteiger partial charge in [-0.15, -0.1) is 0 Å². The first-order valence-electron chi connectivity index (χ1n) is 8.62. The van der Waals surface area contributed by atoms with E-state index in [9.17, 15) is 14.0 Å². The Morgan fingerprint density at radius 1 is 1.07 bits per heavy atom. The predicted molar refractivity (Wildman–Crippen MR) is 101 cm³/mol. The van der Waals surface area contributed by atoms with Gasteiger partial charge in [0.1, 0.15) is 11.6 Å². The van der Waals surface area contributed by atoms with Crippen molar-refractivity contribution in [1.82, 2.24) is 9.80 Å². The number of carbonyl (C=O) groups excluding carboxylic acids is 2. The van der Waals surface area contributed by atoms with Crippen molar-refractivity contribution in [3.8, 4) is 5.75 Å². The van der Waals surface area contributed by atoms with Crippen LogP contribution < -0.4 is 4.74 Å². The highest BCUT2D eigenvalue weighted by Crippen LogP contribution is 2.21. The number of methoxy groups -OCH3 is 1. The Balaban J connectivity index is 1.57. The highest BCUT2D eigenvalue weighted by molar-refractivity contribution is 6.33. The fourth-order valence-electron chi connectivity index (χ4n) is 3.04. The van der Waals surface area contributed by atoms with Gasteiger partial charge >= 0.3 is 0 Å². The molecule has 0 saturated carbocycles. The predicted octanol–water partition coefficient (Wildman–Crippen LogP) is 3.13. The van der Waals surface area contributed by atoms with Crippen LogP contribution in [0.2, 0.25) is 5.02 Å². The number of piperazine rings is 1. The van der Waals surface area contributed by atoms with Gasteiger partial charge in [0.25, 0.3) is 5.91 Å². The van der Waals surface area contributed by atoms with Crippen LogP contribution in [0.4, 0.5) is 4.39 Å². The molecule has 0 radical (unpaired) electrons. The largest absolute Gasteiger partial charge is 0.497 e. The molecule has 0 atom stereocenters. The molecule has 1 heterocycles. The minimum absolute atomic E-state index is 0.00887. The van der Waals surface area contributed by atoms with Crippen LogP contribution in [0, 0.1) is 5.82 Å². The lowest BCUT2D eigenvalue weighted by molar-refractivity contribution is 0.0620. The topological polar surface area (TPSA) is 49.9 Å². The molecule has 27 heavy (non-hydrogen) atoms. The minimum Gasteiger partial charge on any atom is -0.497 e. The molecule has 1 saturated heterocycles. The lowest BCUT2D eigenvalue weighted by Gasteiger charge is -2.34. The van der Waals surface area contributed by atoms with Gasteiger partial charge in [-0.3, -0.25) is 14.5 Å². The van der Waals surface area contributed by atoms with Gasteiger partial charge in [0.2, 0.25) is 0 Å². The molecule has 0 N–H and O–H groups in total. The summed E-state index contributed by atoms with van der Waals surface area (Å²) in [6, 6.07) is 11.2. The summed E-state index contributed by atoms with van der Waals surface area (Å²) >= 11 is 5.98. The van der Waals surface area contributed by atoms with E-state index < -0.39 is 11.7 Å². The summed E-state index contributed by atoms with van der Waals surface area (Å²) in [7, 11) is 1.58. The van der Waals surface area contributed by atoms with E-state index in [2.05, 4.69) is 0 Å². The van der Waals surface area contributed by atoms with Crippen molar-refractivity contribution in [2.24, 2.45) is 0 Å². The maximum absolute atomic E-state index is 14.0. The number of hydrogen-bond acceptors (Lipinski definition) is 4. The van der Waals surface area contributed by atoms with E-state index in [4.69, 9.17) is 16.3 Å². The number of ether oxygens (including phenoxy) is 1. The molecule has 2 aromatic carbocycles. The molecular formula is C20H20ClFN2O3. The Morgan fingerprint density at radius 2 is 1.74 bits per heavy atom. The molecule has 1 fully saturated rings. The Morgan fingerprint density at radius 3 is 2.33 bits per heavy atom. The van der Waals surface area contributed by atoms with E-state index >= 15 is 0 Å². The van der Waals surface area contributed by atoms with Crippen molar-refractivity contribution >= 4 is 23.3 Å². The zero-order valence-corrected chi connectivity index (χ0v) is 15.7. The van der Waals surface area contributed by atoms with Crippen molar-refractivity contribution < 1.29 is 18.7 Å². The standard InChI is InChI=1S/C20H20ClFN2O3/c1-27-15-7-5-14(6-8-15)18(25)13-23-9-11-24(12-10-23)20(26)19-16(21)3-2-4-17(19)22/h2-8H,9-13H2,1H3. The quantitative estimate of drug-likeness (QED) is 0.736. The summed E-state index contributed by atoms with van der Waals surface area (Å²) < 4.78 is 19.0. The third kappa shape index (κ3) is 4.46. The zero-order chi connectivity index (χ0) is 19.4. The van der Waals surface area contributed by atoms with Gasteiger partial charge in [0, 0.05) is 31.7 Å².